The molecule has 0 amide bonds. The number of fused-ring (bicyclic) bond motifs is 2. The molecule has 0 aromatic carbocycles. The molecule has 0 aliphatic heterocycles. The molecule has 2 fully saturated rings. The van der Waals surface area contributed by atoms with Crippen LogP contribution in [0.25, 0.3) is 0 Å². The minimum Gasteiger partial charge on any atom is -0.394 e. The summed E-state index contributed by atoms with van der Waals surface area (Å²) in [7, 11) is 0. The highest BCUT2D eigenvalue weighted by molar-refractivity contribution is 4.92. The molecule has 2 aliphatic rings. The lowest BCUT2D eigenvalue weighted by Crippen LogP contribution is -2.43. The first kappa shape index (κ1) is 23.0. The standard InChI is InChI=1S/C21H40O6/c1-18-13-19-15-20(14-18)17-21(2,16-19)27-12-11-26-10-9-25-8-7-24-6-5-23-4-3-22/h18-20,22H,3-17H2,1-2H3. The molecular weight excluding hydrogens is 348 g/mol. The predicted molar refractivity (Wildman–Crippen MR) is 104 cm³/mol. The molecule has 0 spiro atoms. The summed E-state index contributed by atoms with van der Waals surface area (Å²) in [6.45, 7) is 9.69. The number of hydrogen-bond acceptors (Lipinski definition) is 6. The molecule has 2 rings (SSSR count). The Morgan fingerprint density at radius 2 is 1.15 bits per heavy atom. The summed E-state index contributed by atoms with van der Waals surface area (Å²) >= 11 is 0. The van der Waals surface area contributed by atoms with Gasteiger partial charge in [0.15, 0.2) is 0 Å². The van der Waals surface area contributed by atoms with E-state index >= 15 is 0 Å². The second-order valence-corrected chi connectivity index (χ2v) is 8.42. The van der Waals surface area contributed by atoms with Crippen molar-refractivity contribution >= 4 is 0 Å². The van der Waals surface area contributed by atoms with Gasteiger partial charge in [0.1, 0.15) is 0 Å². The van der Waals surface area contributed by atoms with Gasteiger partial charge in [-0.25, -0.2) is 0 Å². The minimum atomic E-state index is 0.0474. The number of aliphatic hydroxyl groups excluding tert-OH is 1. The van der Waals surface area contributed by atoms with Crippen LogP contribution in [0.3, 0.4) is 0 Å². The minimum absolute atomic E-state index is 0.0474. The maximum absolute atomic E-state index is 8.56. The van der Waals surface area contributed by atoms with Gasteiger partial charge in [0.25, 0.3) is 0 Å². The Bertz CT molecular complexity index is 360. The second-order valence-electron chi connectivity index (χ2n) is 8.42. The van der Waals surface area contributed by atoms with Crippen LogP contribution in [0.1, 0.15) is 46.0 Å². The summed E-state index contributed by atoms with van der Waals surface area (Å²) in [5, 5.41) is 8.56. The molecule has 0 heterocycles. The number of hydrogen-bond donors (Lipinski definition) is 1. The Morgan fingerprint density at radius 1 is 0.704 bits per heavy atom. The normalized spacial score (nSPS) is 30.6. The van der Waals surface area contributed by atoms with Crippen LogP contribution in [-0.2, 0) is 23.7 Å². The number of rotatable bonds is 15. The van der Waals surface area contributed by atoms with E-state index in [1.807, 2.05) is 0 Å². The van der Waals surface area contributed by atoms with Crippen molar-refractivity contribution in [3.8, 4) is 0 Å². The molecular formula is C21H40O6. The van der Waals surface area contributed by atoms with Crippen molar-refractivity contribution in [2.45, 2.75) is 51.6 Å². The van der Waals surface area contributed by atoms with Crippen molar-refractivity contribution in [3.05, 3.63) is 0 Å². The van der Waals surface area contributed by atoms with Gasteiger partial charge in [-0.15, -0.1) is 0 Å². The van der Waals surface area contributed by atoms with Crippen LogP contribution in [0.4, 0.5) is 0 Å². The smallest absolute Gasteiger partial charge is 0.0707 e. The SMILES string of the molecule is CC1CC2CC(C1)CC(C)(OCCOCCOCCOCCOCCO)C2. The van der Waals surface area contributed by atoms with E-state index < -0.39 is 0 Å². The lowest BCUT2D eigenvalue weighted by Gasteiger charge is -2.47. The molecule has 2 unspecified atom stereocenters. The fourth-order valence-electron chi connectivity index (χ4n) is 4.83. The van der Waals surface area contributed by atoms with Crippen LogP contribution in [0.5, 0.6) is 0 Å². The van der Waals surface area contributed by atoms with E-state index in [0.717, 1.165) is 17.8 Å². The molecule has 2 atom stereocenters. The third-order valence-electron chi connectivity index (χ3n) is 5.61. The Hall–Kier alpha value is -0.240. The summed E-state index contributed by atoms with van der Waals surface area (Å²) in [6, 6.07) is 0. The number of ether oxygens (including phenoxy) is 5. The quantitative estimate of drug-likeness (QED) is 0.435. The van der Waals surface area contributed by atoms with Crippen molar-refractivity contribution in [1.29, 1.82) is 0 Å². The molecule has 0 aromatic rings. The first-order valence-electron chi connectivity index (χ1n) is 10.7. The van der Waals surface area contributed by atoms with Crippen LogP contribution >= 0.6 is 0 Å². The lowest BCUT2D eigenvalue weighted by molar-refractivity contribution is -0.113. The Labute approximate surface area is 164 Å². The van der Waals surface area contributed by atoms with Crippen molar-refractivity contribution in [2.75, 3.05) is 66.1 Å². The molecule has 27 heavy (non-hydrogen) atoms. The summed E-state index contributed by atoms with van der Waals surface area (Å²) in [5.41, 5.74) is 0.0474. The van der Waals surface area contributed by atoms with Gasteiger partial charge in [0, 0.05) is 0 Å². The van der Waals surface area contributed by atoms with Crippen LogP contribution in [0.2, 0.25) is 0 Å². The summed E-state index contributed by atoms with van der Waals surface area (Å²) in [5.74, 6) is 2.61. The highest BCUT2D eigenvalue weighted by atomic mass is 16.6. The molecule has 2 bridgehead atoms. The monoisotopic (exact) mass is 388 g/mol. The highest BCUT2D eigenvalue weighted by Crippen LogP contribution is 2.47. The average Bonchev–Trinajstić information content (AvgIpc) is 2.60. The van der Waals surface area contributed by atoms with E-state index in [1.54, 1.807) is 0 Å². The molecule has 0 saturated heterocycles. The zero-order valence-electron chi connectivity index (χ0n) is 17.3. The third-order valence-corrected chi connectivity index (χ3v) is 5.61. The molecule has 2 aliphatic carbocycles. The van der Waals surface area contributed by atoms with Gasteiger partial charge in [-0.3, -0.25) is 0 Å². The average molecular weight is 389 g/mol. The van der Waals surface area contributed by atoms with E-state index in [0.29, 0.717) is 59.5 Å². The molecule has 1 N–H and O–H groups in total. The maximum Gasteiger partial charge on any atom is 0.0707 e. The number of aliphatic hydroxyl groups is 1. The molecule has 0 aromatic heterocycles. The lowest BCUT2D eigenvalue weighted by atomic mass is 9.64. The topological polar surface area (TPSA) is 66.4 Å². The molecule has 160 valence electrons. The van der Waals surface area contributed by atoms with Crippen LogP contribution < -0.4 is 0 Å². The molecule has 0 radical (unpaired) electrons. The fraction of sp³-hybridized carbons (Fsp3) is 1.00. The van der Waals surface area contributed by atoms with E-state index in [1.165, 1.54) is 32.1 Å². The van der Waals surface area contributed by atoms with Crippen LogP contribution in [-0.4, -0.2) is 76.8 Å². The zero-order valence-corrected chi connectivity index (χ0v) is 17.3. The van der Waals surface area contributed by atoms with Gasteiger partial charge >= 0.3 is 0 Å². The third kappa shape index (κ3) is 9.68. The van der Waals surface area contributed by atoms with E-state index in [-0.39, 0.29) is 12.2 Å². The second kappa shape index (κ2) is 13.1. The Balaban J connectivity index is 1.38. The van der Waals surface area contributed by atoms with E-state index in [9.17, 15) is 0 Å². The van der Waals surface area contributed by atoms with Gasteiger partial charge < -0.3 is 28.8 Å². The molecule has 6 heteroatoms. The van der Waals surface area contributed by atoms with Gasteiger partial charge in [-0.2, -0.15) is 0 Å². The maximum atomic E-state index is 8.56. The van der Waals surface area contributed by atoms with E-state index in [4.69, 9.17) is 28.8 Å². The zero-order chi connectivity index (χ0) is 19.4. The summed E-state index contributed by atoms with van der Waals surface area (Å²) in [6.07, 6.45) is 6.59. The van der Waals surface area contributed by atoms with Crippen molar-refractivity contribution in [1.82, 2.24) is 0 Å². The van der Waals surface area contributed by atoms with Crippen molar-refractivity contribution in [2.24, 2.45) is 17.8 Å². The van der Waals surface area contributed by atoms with Crippen molar-refractivity contribution < 1.29 is 28.8 Å². The van der Waals surface area contributed by atoms with Gasteiger partial charge in [0.2, 0.25) is 0 Å². The Kier molecular flexibility index (Phi) is 11.2. The first-order chi connectivity index (χ1) is 13.1. The molecule has 2 saturated carbocycles. The van der Waals surface area contributed by atoms with Gasteiger partial charge in [-0.05, 0) is 56.8 Å². The first-order valence-corrected chi connectivity index (χ1v) is 10.7. The van der Waals surface area contributed by atoms with Crippen LogP contribution in [0.15, 0.2) is 0 Å². The summed E-state index contributed by atoms with van der Waals surface area (Å²) in [4.78, 5) is 0. The predicted octanol–water partition coefficient (Wildman–Crippen LogP) is 2.67. The Morgan fingerprint density at radius 3 is 1.63 bits per heavy atom. The van der Waals surface area contributed by atoms with Crippen LogP contribution in [0, 0.1) is 17.8 Å². The van der Waals surface area contributed by atoms with Gasteiger partial charge in [-0.1, -0.05) is 6.92 Å². The van der Waals surface area contributed by atoms with Gasteiger partial charge in [0.05, 0.1) is 71.7 Å². The van der Waals surface area contributed by atoms with E-state index in [2.05, 4.69) is 13.8 Å². The summed E-state index contributed by atoms with van der Waals surface area (Å²) < 4.78 is 27.8. The fourth-order valence-corrected chi connectivity index (χ4v) is 4.83. The highest BCUT2D eigenvalue weighted by Gasteiger charge is 2.41. The van der Waals surface area contributed by atoms with Crippen molar-refractivity contribution in [3.63, 3.8) is 0 Å². The largest absolute Gasteiger partial charge is 0.394 e. The molecule has 6 nitrogen and oxygen atoms in total.